The molecule has 1 fully saturated rings. The highest BCUT2D eigenvalue weighted by Gasteiger charge is 2.28. The van der Waals surface area contributed by atoms with Crippen molar-refractivity contribution in [2.24, 2.45) is 0 Å². The van der Waals surface area contributed by atoms with Crippen LogP contribution >= 0.6 is 0 Å². The third kappa shape index (κ3) is 1.75. The van der Waals surface area contributed by atoms with Crippen LogP contribution in [0.2, 0.25) is 0 Å². The van der Waals surface area contributed by atoms with Crippen molar-refractivity contribution in [3.05, 3.63) is 17.8 Å². The molecule has 2 N–H and O–H groups in total. The first kappa shape index (κ1) is 11.5. The van der Waals surface area contributed by atoms with Gasteiger partial charge in [-0.1, -0.05) is 0 Å². The Morgan fingerprint density at radius 1 is 1.33 bits per heavy atom. The van der Waals surface area contributed by atoms with Gasteiger partial charge < -0.3 is 10.5 Å². The van der Waals surface area contributed by atoms with Gasteiger partial charge in [0.15, 0.2) is 5.65 Å². The monoisotopic (exact) mass is 246 g/mol. The predicted octanol–water partition coefficient (Wildman–Crippen LogP) is 2.06. The molecule has 0 radical (unpaired) electrons. The zero-order valence-electron chi connectivity index (χ0n) is 10.8. The Kier molecular flexibility index (Phi) is 2.70. The Bertz CT molecular complexity index is 578. The van der Waals surface area contributed by atoms with Crippen molar-refractivity contribution in [2.45, 2.75) is 38.3 Å². The summed E-state index contributed by atoms with van der Waals surface area (Å²) < 4.78 is 7.49. The van der Waals surface area contributed by atoms with Crippen LogP contribution in [0.5, 0.6) is 0 Å². The molecule has 3 rings (SSSR count). The second-order valence-corrected chi connectivity index (χ2v) is 4.96. The number of pyridine rings is 1. The number of nitrogens with zero attached hydrogens (tertiary/aromatic N) is 3. The lowest BCUT2D eigenvalue weighted by atomic mass is 10.2. The number of nitrogens with two attached hydrogens (primary N) is 1. The molecule has 1 aliphatic carbocycles. The first-order chi connectivity index (χ1) is 8.69. The molecular formula is C13H18N4O. The number of methoxy groups -OCH3 is 1. The van der Waals surface area contributed by atoms with Gasteiger partial charge in [-0.2, -0.15) is 0 Å². The molecule has 0 amide bonds. The average molecular weight is 246 g/mol. The number of aryl methyl sites for hydroxylation is 1. The van der Waals surface area contributed by atoms with Gasteiger partial charge >= 0.3 is 0 Å². The van der Waals surface area contributed by atoms with E-state index >= 15 is 0 Å². The van der Waals surface area contributed by atoms with Crippen LogP contribution in [0.3, 0.4) is 0 Å². The fourth-order valence-corrected chi connectivity index (χ4v) is 2.81. The van der Waals surface area contributed by atoms with Crippen molar-refractivity contribution in [1.29, 1.82) is 0 Å². The number of rotatable bonds is 2. The summed E-state index contributed by atoms with van der Waals surface area (Å²) in [5, 5.41) is 0. The van der Waals surface area contributed by atoms with E-state index in [2.05, 4.69) is 14.5 Å². The van der Waals surface area contributed by atoms with E-state index in [0.29, 0.717) is 18.1 Å². The second kappa shape index (κ2) is 4.24. The Balaban J connectivity index is 2.05. The summed E-state index contributed by atoms with van der Waals surface area (Å²) in [7, 11) is 1.77. The minimum absolute atomic E-state index is 0.330. The Morgan fingerprint density at radius 3 is 2.89 bits per heavy atom. The number of anilines is 1. The zero-order valence-corrected chi connectivity index (χ0v) is 10.8. The summed E-state index contributed by atoms with van der Waals surface area (Å²) >= 11 is 0. The smallest absolute Gasteiger partial charge is 0.202 e. The van der Waals surface area contributed by atoms with Crippen LogP contribution in [0.1, 0.15) is 31.0 Å². The fourth-order valence-electron chi connectivity index (χ4n) is 2.81. The van der Waals surface area contributed by atoms with Gasteiger partial charge in [0, 0.05) is 18.8 Å². The molecule has 1 saturated carbocycles. The maximum Gasteiger partial charge on any atom is 0.202 e. The van der Waals surface area contributed by atoms with E-state index < -0.39 is 0 Å². The lowest BCUT2D eigenvalue weighted by Gasteiger charge is -2.14. The average Bonchev–Trinajstić information content (AvgIpc) is 2.92. The van der Waals surface area contributed by atoms with E-state index in [1.54, 1.807) is 7.11 Å². The van der Waals surface area contributed by atoms with Gasteiger partial charge in [0.1, 0.15) is 5.52 Å². The van der Waals surface area contributed by atoms with Gasteiger partial charge in [-0.15, -0.1) is 0 Å². The van der Waals surface area contributed by atoms with Gasteiger partial charge in [-0.25, -0.2) is 9.97 Å². The second-order valence-electron chi connectivity index (χ2n) is 4.96. The highest BCUT2D eigenvalue weighted by atomic mass is 16.5. The topological polar surface area (TPSA) is 66.0 Å². The largest absolute Gasteiger partial charge is 0.381 e. The fraction of sp³-hybridized carbons (Fsp3) is 0.538. The lowest BCUT2D eigenvalue weighted by molar-refractivity contribution is 0.106. The molecule has 2 unspecified atom stereocenters. The highest BCUT2D eigenvalue weighted by Crippen LogP contribution is 2.35. The molecule has 1 aliphatic rings. The molecule has 2 heterocycles. The van der Waals surface area contributed by atoms with Crippen molar-refractivity contribution >= 4 is 17.1 Å². The number of hydrogen-bond acceptors (Lipinski definition) is 4. The normalized spacial score (nSPS) is 23.9. The third-order valence-electron chi connectivity index (χ3n) is 3.76. The molecule has 5 heteroatoms. The van der Waals surface area contributed by atoms with Crippen molar-refractivity contribution in [2.75, 3.05) is 12.8 Å². The standard InChI is InChI=1S/C13H18N4O/c1-8-3-6-11-12(15-8)17(13(14)16-11)9-4-5-10(7-9)18-2/h3,6,9-10H,4-5,7H2,1-2H3,(H2,14,16). The van der Waals surface area contributed by atoms with Crippen molar-refractivity contribution in [3.63, 3.8) is 0 Å². The van der Waals surface area contributed by atoms with Gasteiger partial charge in [0.2, 0.25) is 5.95 Å². The maximum absolute atomic E-state index is 6.04. The first-order valence-electron chi connectivity index (χ1n) is 6.33. The van der Waals surface area contributed by atoms with Crippen LogP contribution in [0.4, 0.5) is 5.95 Å². The predicted molar refractivity (Wildman–Crippen MR) is 70.4 cm³/mol. The summed E-state index contributed by atoms with van der Waals surface area (Å²) in [4.78, 5) is 8.96. The quantitative estimate of drug-likeness (QED) is 0.880. The summed E-state index contributed by atoms with van der Waals surface area (Å²) in [6, 6.07) is 4.30. The number of aromatic nitrogens is 3. The Labute approximate surface area is 106 Å². The van der Waals surface area contributed by atoms with Crippen LogP contribution in [0.25, 0.3) is 11.2 Å². The zero-order chi connectivity index (χ0) is 12.7. The van der Waals surface area contributed by atoms with Crippen LogP contribution in [0.15, 0.2) is 12.1 Å². The Morgan fingerprint density at radius 2 is 2.17 bits per heavy atom. The van der Waals surface area contributed by atoms with Gasteiger partial charge in [-0.05, 0) is 38.3 Å². The summed E-state index contributed by atoms with van der Waals surface area (Å²) in [6.45, 7) is 1.99. The van der Waals surface area contributed by atoms with Crippen LogP contribution in [-0.2, 0) is 4.74 Å². The van der Waals surface area contributed by atoms with Gasteiger partial charge in [-0.3, -0.25) is 4.57 Å². The van der Waals surface area contributed by atoms with E-state index in [9.17, 15) is 0 Å². The third-order valence-corrected chi connectivity index (χ3v) is 3.76. The number of nitrogen functional groups attached to an aromatic ring is 1. The van der Waals surface area contributed by atoms with Crippen molar-refractivity contribution in [3.8, 4) is 0 Å². The summed E-state index contributed by atoms with van der Waals surface area (Å²) in [5.74, 6) is 0.560. The lowest BCUT2D eigenvalue weighted by Crippen LogP contribution is -2.12. The summed E-state index contributed by atoms with van der Waals surface area (Å²) in [6.07, 6.45) is 3.47. The molecule has 0 saturated heterocycles. The molecule has 0 aliphatic heterocycles. The van der Waals surface area contributed by atoms with Crippen LogP contribution in [-0.4, -0.2) is 27.7 Å². The molecule has 96 valence electrons. The van der Waals surface area contributed by atoms with E-state index in [1.165, 1.54) is 0 Å². The minimum atomic E-state index is 0.330. The summed E-state index contributed by atoms with van der Waals surface area (Å²) in [5.41, 5.74) is 8.80. The minimum Gasteiger partial charge on any atom is -0.381 e. The van der Waals surface area contributed by atoms with E-state index in [-0.39, 0.29) is 0 Å². The van der Waals surface area contributed by atoms with E-state index in [4.69, 9.17) is 10.5 Å². The van der Waals surface area contributed by atoms with Gasteiger partial charge in [0.25, 0.3) is 0 Å². The number of hydrogen-bond donors (Lipinski definition) is 1. The molecule has 0 bridgehead atoms. The van der Waals surface area contributed by atoms with Crippen molar-refractivity contribution < 1.29 is 4.74 Å². The SMILES string of the molecule is COC1CCC(n2c(N)nc3ccc(C)nc32)C1. The molecule has 2 aromatic heterocycles. The van der Waals surface area contributed by atoms with E-state index in [0.717, 1.165) is 36.1 Å². The molecule has 5 nitrogen and oxygen atoms in total. The molecule has 18 heavy (non-hydrogen) atoms. The molecule has 2 aromatic rings. The number of imidazole rings is 1. The molecule has 2 atom stereocenters. The number of ether oxygens (including phenoxy) is 1. The molecule has 0 spiro atoms. The van der Waals surface area contributed by atoms with Gasteiger partial charge in [0.05, 0.1) is 6.10 Å². The first-order valence-corrected chi connectivity index (χ1v) is 6.33. The van der Waals surface area contributed by atoms with Crippen LogP contribution in [0, 0.1) is 6.92 Å². The highest BCUT2D eigenvalue weighted by molar-refractivity contribution is 5.74. The van der Waals surface area contributed by atoms with Crippen LogP contribution < -0.4 is 5.73 Å². The molecular weight excluding hydrogens is 228 g/mol. The number of fused-ring (bicyclic) bond motifs is 1. The maximum atomic E-state index is 6.04. The Hall–Kier alpha value is -1.62. The van der Waals surface area contributed by atoms with E-state index in [1.807, 2.05) is 19.1 Å². The molecule has 0 aromatic carbocycles. The van der Waals surface area contributed by atoms with Crippen molar-refractivity contribution in [1.82, 2.24) is 14.5 Å².